The van der Waals surface area contributed by atoms with Crippen LogP contribution in [-0.2, 0) is 16.0 Å². The number of carbonyl (C=O) groups excluding carboxylic acids is 1. The number of piperazine rings is 1. The number of likely N-dealkylation sites (tertiary alicyclic amines) is 1. The van der Waals surface area contributed by atoms with Crippen molar-refractivity contribution in [1.82, 2.24) is 15.5 Å². The molecule has 0 aromatic heterocycles. The van der Waals surface area contributed by atoms with Gasteiger partial charge in [0.1, 0.15) is 11.9 Å². The van der Waals surface area contributed by atoms with Crippen molar-refractivity contribution < 1.29 is 13.9 Å². The van der Waals surface area contributed by atoms with Crippen LogP contribution in [0.5, 0.6) is 0 Å². The van der Waals surface area contributed by atoms with E-state index in [1.54, 1.807) is 12.1 Å². The number of amides is 1. The van der Waals surface area contributed by atoms with E-state index < -0.39 is 6.04 Å². The van der Waals surface area contributed by atoms with E-state index in [0.29, 0.717) is 35.6 Å². The van der Waals surface area contributed by atoms with Gasteiger partial charge in [0, 0.05) is 43.3 Å². The van der Waals surface area contributed by atoms with Crippen molar-refractivity contribution in [3.8, 4) is 6.07 Å². The van der Waals surface area contributed by atoms with E-state index in [9.17, 15) is 10.1 Å². The maximum atomic E-state index is 15.1. The number of halogens is 1. The number of piperidine rings is 1. The van der Waals surface area contributed by atoms with Gasteiger partial charge >= 0.3 is 0 Å². The average molecular weight is 454 g/mol. The number of anilines is 1. The van der Waals surface area contributed by atoms with Gasteiger partial charge in [0.25, 0.3) is 0 Å². The summed E-state index contributed by atoms with van der Waals surface area (Å²) in [5, 5.41) is 15.8. The van der Waals surface area contributed by atoms with Crippen molar-refractivity contribution in [1.29, 1.82) is 5.26 Å². The maximum Gasteiger partial charge on any atom is 0.238 e. The molecule has 4 heterocycles. The number of hydrogen-bond donors (Lipinski definition) is 2. The third-order valence-electron chi connectivity index (χ3n) is 8.52. The van der Waals surface area contributed by atoms with Gasteiger partial charge in [0.15, 0.2) is 0 Å². The Morgan fingerprint density at radius 1 is 1.21 bits per heavy atom. The highest BCUT2D eigenvalue weighted by Crippen LogP contribution is 2.37. The number of hydrogen-bond acceptors (Lipinski definition) is 6. The molecule has 1 aromatic carbocycles. The SMILES string of the molecule is N#C[C@H](Cc1ccc(N2C3CCC2CN(C2COC2)C3)cc1F)NC(=O)C1NC2CCC1C2. The van der Waals surface area contributed by atoms with E-state index in [0.717, 1.165) is 64.1 Å². The number of benzene rings is 1. The first kappa shape index (κ1) is 21.3. The highest BCUT2D eigenvalue weighted by Gasteiger charge is 2.44. The fraction of sp³-hybridized carbons (Fsp3) is 0.680. The van der Waals surface area contributed by atoms with Crippen LogP contribution in [0.1, 0.15) is 37.7 Å². The Morgan fingerprint density at radius 2 is 2.00 bits per heavy atom. The first-order valence-corrected chi connectivity index (χ1v) is 12.4. The lowest BCUT2D eigenvalue weighted by molar-refractivity contribution is -0.124. The Morgan fingerprint density at radius 3 is 2.58 bits per heavy atom. The number of nitriles is 1. The molecule has 6 rings (SSSR count). The van der Waals surface area contributed by atoms with Gasteiger partial charge in [-0.05, 0) is 55.7 Å². The van der Waals surface area contributed by atoms with Gasteiger partial charge in [-0.1, -0.05) is 6.07 Å². The molecule has 4 bridgehead atoms. The molecular formula is C25H32FN5O2. The van der Waals surface area contributed by atoms with Gasteiger partial charge in [0.05, 0.1) is 31.4 Å². The summed E-state index contributed by atoms with van der Waals surface area (Å²) >= 11 is 0. The zero-order valence-corrected chi connectivity index (χ0v) is 18.9. The van der Waals surface area contributed by atoms with E-state index >= 15 is 4.39 Å². The zero-order valence-electron chi connectivity index (χ0n) is 18.9. The molecule has 1 aliphatic carbocycles. The van der Waals surface area contributed by atoms with Crippen LogP contribution in [0.3, 0.4) is 0 Å². The number of ether oxygens (including phenoxy) is 1. The Balaban J connectivity index is 1.10. The normalized spacial score (nSPS) is 34.2. The number of carbonyl (C=O) groups is 1. The van der Waals surface area contributed by atoms with Gasteiger partial charge in [-0.15, -0.1) is 0 Å². The minimum absolute atomic E-state index is 0.128. The molecule has 6 atom stereocenters. The van der Waals surface area contributed by atoms with Crippen LogP contribution in [0.4, 0.5) is 10.1 Å². The van der Waals surface area contributed by atoms with Crippen LogP contribution in [0, 0.1) is 23.1 Å². The molecule has 5 unspecified atom stereocenters. The Bertz CT molecular complexity index is 949. The number of nitrogens with one attached hydrogen (secondary N) is 2. The second-order valence-electron chi connectivity index (χ2n) is 10.5. The molecule has 4 saturated heterocycles. The highest BCUT2D eigenvalue weighted by molar-refractivity contribution is 5.83. The molecule has 33 heavy (non-hydrogen) atoms. The average Bonchev–Trinajstić information content (AvgIpc) is 3.47. The van der Waals surface area contributed by atoms with E-state index in [-0.39, 0.29) is 24.2 Å². The number of fused-ring (bicyclic) bond motifs is 4. The van der Waals surface area contributed by atoms with E-state index in [1.807, 2.05) is 6.07 Å². The molecule has 176 valence electrons. The third-order valence-corrected chi connectivity index (χ3v) is 8.52. The van der Waals surface area contributed by atoms with E-state index in [4.69, 9.17) is 4.74 Å². The standard InChI is InChI=1S/C25H32FN5O2/c26-23-9-19(31-20-5-6-21(31)12-30(11-20)22-13-33-14-22)4-2-15(23)7-18(10-27)29-25(32)24-16-1-3-17(8-16)28-24/h2,4,9,16-18,20-22,24,28H,1,3,5-8,11-14H2,(H,29,32)/t16?,17?,18-,20?,21?,24?/m0/s1. The molecule has 0 spiro atoms. The fourth-order valence-electron chi connectivity index (χ4n) is 6.71. The predicted molar refractivity (Wildman–Crippen MR) is 121 cm³/mol. The molecule has 5 aliphatic rings. The van der Waals surface area contributed by atoms with Crippen molar-refractivity contribution >= 4 is 11.6 Å². The summed E-state index contributed by atoms with van der Waals surface area (Å²) in [5.74, 6) is -0.0654. The second-order valence-corrected chi connectivity index (χ2v) is 10.5. The summed E-state index contributed by atoms with van der Waals surface area (Å²) in [6.07, 6.45) is 5.68. The summed E-state index contributed by atoms with van der Waals surface area (Å²) in [6, 6.07) is 8.40. The van der Waals surface area contributed by atoms with Crippen LogP contribution < -0.4 is 15.5 Å². The minimum Gasteiger partial charge on any atom is -0.378 e. The van der Waals surface area contributed by atoms with E-state index in [1.165, 1.54) is 0 Å². The molecule has 2 N–H and O–H groups in total. The zero-order chi connectivity index (χ0) is 22.5. The van der Waals surface area contributed by atoms with Crippen LogP contribution >= 0.6 is 0 Å². The van der Waals surface area contributed by atoms with Crippen molar-refractivity contribution in [3.63, 3.8) is 0 Å². The van der Waals surface area contributed by atoms with Gasteiger partial charge in [0.2, 0.25) is 5.91 Å². The first-order valence-electron chi connectivity index (χ1n) is 12.4. The first-order chi connectivity index (χ1) is 16.1. The van der Waals surface area contributed by atoms with Crippen LogP contribution in [0.25, 0.3) is 0 Å². The van der Waals surface area contributed by atoms with Crippen LogP contribution in [0.15, 0.2) is 18.2 Å². The molecule has 1 saturated carbocycles. The molecule has 0 radical (unpaired) electrons. The van der Waals surface area contributed by atoms with Crippen molar-refractivity contribution in [3.05, 3.63) is 29.6 Å². The number of rotatable bonds is 6. The monoisotopic (exact) mass is 453 g/mol. The van der Waals surface area contributed by atoms with Gasteiger partial charge < -0.3 is 20.3 Å². The summed E-state index contributed by atoms with van der Waals surface area (Å²) in [7, 11) is 0. The summed E-state index contributed by atoms with van der Waals surface area (Å²) in [5.41, 5.74) is 1.40. The largest absolute Gasteiger partial charge is 0.378 e. The lowest BCUT2D eigenvalue weighted by atomic mass is 9.98. The molecule has 8 heteroatoms. The van der Waals surface area contributed by atoms with Gasteiger partial charge in [-0.2, -0.15) is 5.26 Å². The minimum atomic E-state index is -0.733. The summed E-state index contributed by atoms with van der Waals surface area (Å²) in [6.45, 7) is 3.68. The highest BCUT2D eigenvalue weighted by atomic mass is 19.1. The third kappa shape index (κ3) is 3.90. The Labute approximate surface area is 194 Å². The molecule has 5 fully saturated rings. The van der Waals surface area contributed by atoms with Gasteiger partial charge in [-0.25, -0.2) is 4.39 Å². The molecule has 1 aromatic rings. The molecule has 7 nitrogen and oxygen atoms in total. The topological polar surface area (TPSA) is 80.6 Å². The van der Waals surface area contributed by atoms with Crippen molar-refractivity contribution in [2.24, 2.45) is 5.92 Å². The molecule has 4 aliphatic heterocycles. The summed E-state index contributed by atoms with van der Waals surface area (Å²) in [4.78, 5) is 17.6. The second kappa shape index (κ2) is 8.53. The Hall–Kier alpha value is -2.21. The maximum absolute atomic E-state index is 15.1. The van der Waals surface area contributed by atoms with Gasteiger partial charge in [-0.3, -0.25) is 9.69 Å². The quantitative estimate of drug-likeness (QED) is 0.681. The summed E-state index contributed by atoms with van der Waals surface area (Å²) < 4.78 is 20.5. The smallest absolute Gasteiger partial charge is 0.238 e. The lowest BCUT2D eigenvalue weighted by Gasteiger charge is -2.47. The van der Waals surface area contributed by atoms with Crippen LogP contribution in [-0.4, -0.2) is 73.4 Å². The molecular weight excluding hydrogens is 421 g/mol. The van der Waals surface area contributed by atoms with Crippen molar-refractivity contribution in [2.75, 3.05) is 31.2 Å². The van der Waals surface area contributed by atoms with E-state index in [2.05, 4.69) is 26.5 Å². The Kier molecular flexibility index (Phi) is 5.52. The van der Waals surface area contributed by atoms with Crippen LogP contribution in [0.2, 0.25) is 0 Å². The number of nitrogens with zero attached hydrogens (tertiary/aromatic N) is 3. The predicted octanol–water partition coefficient (Wildman–Crippen LogP) is 1.57. The fourth-order valence-corrected chi connectivity index (χ4v) is 6.71. The lowest BCUT2D eigenvalue weighted by Crippen LogP contribution is -2.60. The van der Waals surface area contributed by atoms with Crippen molar-refractivity contribution in [2.45, 2.75) is 74.8 Å². The molecule has 1 amide bonds.